The number of aliphatic hydroxyl groups is 1. The Labute approximate surface area is 71.6 Å². The standard InChI is InChI=1S/C10H12O2/c11-8-5-9(10(12)6-8)7-3-1-2-4-7/h3,5,8,11H,1-2,4,6H2. The van der Waals surface area contributed by atoms with Crippen molar-refractivity contribution in [3.05, 3.63) is 23.3 Å². The van der Waals surface area contributed by atoms with E-state index < -0.39 is 6.10 Å². The summed E-state index contributed by atoms with van der Waals surface area (Å²) in [4.78, 5) is 11.3. The lowest BCUT2D eigenvalue weighted by atomic mass is 10.0. The molecule has 2 rings (SSSR count). The number of rotatable bonds is 1. The molecule has 12 heavy (non-hydrogen) atoms. The van der Waals surface area contributed by atoms with Gasteiger partial charge in [-0.25, -0.2) is 0 Å². The first-order valence-electron chi connectivity index (χ1n) is 4.40. The normalized spacial score (nSPS) is 29.1. The van der Waals surface area contributed by atoms with Crippen LogP contribution in [0.3, 0.4) is 0 Å². The molecule has 0 aromatic carbocycles. The Morgan fingerprint density at radius 2 is 2.33 bits per heavy atom. The van der Waals surface area contributed by atoms with Crippen molar-refractivity contribution in [1.29, 1.82) is 0 Å². The lowest BCUT2D eigenvalue weighted by molar-refractivity contribution is -0.115. The predicted octanol–water partition coefficient (Wildman–Crippen LogP) is 1.36. The molecule has 2 nitrogen and oxygen atoms in total. The summed E-state index contributed by atoms with van der Waals surface area (Å²) in [6.45, 7) is 0. The fourth-order valence-corrected chi connectivity index (χ4v) is 1.85. The number of carbonyl (C=O) groups excluding carboxylic acids is 1. The quantitative estimate of drug-likeness (QED) is 0.635. The third-order valence-corrected chi connectivity index (χ3v) is 2.44. The van der Waals surface area contributed by atoms with E-state index in [-0.39, 0.29) is 12.2 Å². The summed E-state index contributed by atoms with van der Waals surface area (Å²) in [5.41, 5.74) is 1.93. The average molecular weight is 164 g/mol. The van der Waals surface area contributed by atoms with Gasteiger partial charge in [0.1, 0.15) is 0 Å². The first-order valence-corrected chi connectivity index (χ1v) is 4.40. The molecular formula is C10H12O2. The zero-order chi connectivity index (χ0) is 8.55. The van der Waals surface area contributed by atoms with Gasteiger partial charge in [-0.1, -0.05) is 6.08 Å². The lowest BCUT2D eigenvalue weighted by Gasteiger charge is -1.98. The highest BCUT2D eigenvalue weighted by Gasteiger charge is 2.25. The fraction of sp³-hybridized carbons (Fsp3) is 0.500. The van der Waals surface area contributed by atoms with Gasteiger partial charge >= 0.3 is 0 Å². The Hall–Kier alpha value is -0.890. The molecule has 0 spiro atoms. The molecule has 0 radical (unpaired) electrons. The summed E-state index contributed by atoms with van der Waals surface area (Å²) in [5.74, 6) is 0.107. The molecule has 0 aliphatic heterocycles. The fourth-order valence-electron chi connectivity index (χ4n) is 1.85. The highest BCUT2D eigenvalue weighted by Crippen LogP contribution is 2.29. The summed E-state index contributed by atoms with van der Waals surface area (Å²) >= 11 is 0. The summed E-state index contributed by atoms with van der Waals surface area (Å²) in [7, 11) is 0. The molecule has 2 heteroatoms. The molecule has 0 aromatic heterocycles. The van der Waals surface area contributed by atoms with Gasteiger partial charge < -0.3 is 5.11 Å². The van der Waals surface area contributed by atoms with E-state index in [2.05, 4.69) is 6.08 Å². The minimum absolute atomic E-state index is 0.107. The van der Waals surface area contributed by atoms with Crippen LogP contribution in [0.2, 0.25) is 0 Å². The maximum absolute atomic E-state index is 11.3. The van der Waals surface area contributed by atoms with Crippen molar-refractivity contribution in [2.24, 2.45) is 0 Å². The first kappa shape index (κ1) is 7.74. The van der Waals surface area contributed by atoms with Crippen molar-refractivity contribution in [2.45, 2.75) is 31.8 Å². The zero-order valence-electron chi connectivity index (χ0n) is 6.92. The van der Waals surface area contributed by atoms with E-state index in [1.54, 1.807) is 6.08 Å². The van der Waals surface area contributed by atoms with Crippen LogP contribution in [0.15, 0.2) is 23.3 Å². The van der Waals surface area contributed by atoms with Gasteiger partial charge in [0, 0.05) is 12.0 Å². The van der Waals surface area contributed by atoms with Gasteiger partial charge in [0.2, 0.25) is 0 Å². The second-order valence-corrected chi connectivity index (χ2v) is 3.40. The smallest absolute Gasteiger partial charge is 0.165 e. The Balaban J connectivity index is 2.22. The predicted molar refractivity (Wildman–Crippen MR) is 45.6 cm³/mol. The van der Waals surface area contributed by atoms with E-state index in [0.717, 1.165) is 30.4 Å². The van der Waals surface area contributed by atoms with E-state index in [1.165, 1.54) is 0 Å². The van der Waals surface area contributed by atoms with Crippen LogP contribution in [0.5, 0.6) is 0 Å². The van der Waals surface area contributed by atoms with Gasteiger partial charge in [-0.05, 0) is 30.9 Å². The molecule has 1 N–H and O–H groups in total. The number of hydrogen-bond acceptors (Lipinski definition) is 2. The minimum atomic E-state index is -0.533. The molecule has 0 saturated heterocycles. The van der Waals surface area contributed by atoms with Gasteiger partial charge in [-0.2, -0.15) is 0 Å². The van der Waals surface area contributed by atoms with Gasteiger partial charge in [0.05, 0.1) is 6.10 Å². The van der Waals surface area contributed by atoms with E-state index in [4.69, 9.17) is 0 Å². The third kappa shape index (κ3) is 1.23. The second kappa shape index (κ2) is 2.87. The van der Waals surface area contributed by atoms with E-state index >= 15 is 0 Å². The molecule has 0 amide bonds. The maximum Gasteiger partial charge on any atom is 0.165 e. The molecule has 1 atom stereocenters. The first-order chi connectivity index (χ1) is 5.77. The molecule has 2 aliphatic carbocycles. The number of ketones is 1. The van der Waals surface area contributed by atoms with Crippen molar-refractivity contribution >= 4 is 5.78 Å². The summed E-state index contributed by atoms with van der Waals surface area (Å²) in [5, 5.41) is 9.21. The van der Waals surface area contributed by atoms with E-state index in [0.29, 0.717) is 0 Å². The minimum Gasteiger partial charge on any atom is -0.389 e. The maximum atomic E-state index is 11.3. The third-order valence-electron chi connectivity index (χ3n) is 2.44. The molecular weight excluding hydrogens is 152 g/mol. The Morgan fingerprint density at radius 1 is 1.50 bits per heavy atom. The highest BCUT2D eigenvalue weighted by molar-refractivity contribution is 6.02. The number of carbonyl (C=O) groups is 1. The molecule has 0 heterocycles. The van der Waals surface area contributed by atoms with Gasteiger partial charge in [0.15, 0.2) is 5.78 Å². The van der Waals surface area contributed by atoms with Crippen LogP contribution in [0.1, 0.15) is 25.7 Å². The number of aliphatic hydroxyl groups excluding tert-OH is 1. The zero-order valence-corrected chi connectivity index (χ0v) is 6.92. The molecule has 0 bridgehead atoms. The van der Waals surface area contributed by atoms with Crippen LogP contribution in [-0.4, -0.2) is 17.0 Å². The second-order valence-electron chi connectivity index (χ2n) is 3.40. The van der Waals surface area contributed by atoms with Crippen LogP contribution in [0.4, 0.5) is 0 Å². The average Bonchev–Trinajstić information content (AvgIpc) is 2.58. The lowest BCUT2D eigenvalue weighted by Crippen LogP contribution is -2.01. The van der Waals surface area contributed by atoms with E-state index in [9.17, 15) is 9.90 Å². The van der Waals surface area contributed by atoms with Crippen molar-refractivity contribution in [2.75, 3.05) is 0 Å². The van der Waals surface area contributed by atoms with Crippen LogP contribution in [0, 0.1) is 0 Å². The topological polar surface area (TPSA) is 37.3 Å². The van der Waals surface area contributed by atoms with Crippen LogP contribution in [0.25, 0.3) is 0 Å². The summed E-state index contributed by atoms with van der Waals surface area (Å²) in [6, 6.07) is 0. The molecule has 1 unspecified atom stereocenters. The van der Waals surface area contributed by atoms with Crippen LogP contribution >= 0.6 is 0 Å². The molecule has 0 saturated carbocycles. The SMILES string of the molecule is O=C1CC(O)C=C1C1=CCCC1. The summed E-state index contributed by atoms with van der Waals surface area (Å²) < 4.78 is 0. The van der Waals surface area contributed by atoms with Gasteiger partial charge in [-0.15, -0.1) is 0 Å². The van der Waals surface area contributed by atoms with Crippen molar-refractivity contribution in [1.82, 2.24) is 0 Å². The molecule has 2 aliphatic rings. The monoisotopic (exact) mass is 164 g/mol. The van der Waals surface area contributed by atoms with Gasteiger partial charge in [-0.3, -0.25) is 4.79 Å². The van der Waals surface area contributed by atoms with Crippen molar-refractivity contribution < 1.29 is 9.90 Å². The van der Waals surface area contributed by atoms with E-state index in [1.807, 2.05) is 0 Å². The van der Waals surface area contributed by atoms with Gasteiger partial charge in [0.25, 0.3) is 0 Å². The Kier molecular flexibility index (Phi) is 1.85. The Morgan fingerprint density at radius 3 is 2.83 bits per heavy atom. The highest BCUT2D eigenvalue weighted by atomic mass is 16.3. The van der Waals surface area contributed by atoms with Crippen molar-refractivity contribution in [3.8, 4) is 0 Å². The van der Waals surface area contributed by atoms with Crippen LogP contribution < -0.4 is 0 Å². The molecule has 64 valence electrons. The molecule has 0 fully saturated rings. The summed E-state index contributed by atoms with van der Waals surface area (Å²) in [6.07, 6.45) is 6.79. The number of allylic oxidation sites excluding steroid dienone is 3. The molecule has 0 aromatic rings. The number of Topliss-reactive ketones (excluding diaryl/α,β-unsaturated/α-hetero) is 1. The van der Waals surface area contributed by atoms with Crippen LogP contribution in [-0.2, 0) is 4.79 Å². The number of hydrogen-bond donors (Lipinski definition) is 1. The van der Waals surface area contributed by atoms with Crippen molar-refractivity contribution in [3.63, 3.8) is 0 Å². The Bertz CT molecular complexity index is 274. The largest absolute Gasteiger partial charge is 0.389 e.